The quantitative estimate of drug-likeness (QED) is 0.488. The van der Waals surface area contributed by atoms with Crippen molar-refractivity contribution in [3.63, 3.8) is 0 Å². The van der Waals surface area contributed by atoms with Gasteiger partial charge in [-0.3, -0.25) is 0 Å². The van der Waals surface area contributed by atoms with Crippen molar-refractivity contribution < 1.29 is 0 Å². The molecule has 0 fully saturated rings. The van der Waals surface area contributed by atoms with Gasteiger partial charge in [0.15, 0.2) is 5.69 Å². The van der Waals surface area contributed by atoms with Crippen LogP contribution < -0.4 is 0 Å². The van der Waals surface area contributed by atoms with E-state index in [2.05, 4.69) is 68.9 Å². The molecular weight excluding hydrogens is 314 g/mol. The number of hydrogen-bond acceptors (Lipinski definition) is 0. The van der Waals surface area contributed by atoms with E-state index in [1.54, 1.807) is 0 Å². The number of aryl methyl sites for hydroxylation is 1. The maximum atomic E-state index is 7.20. The van der Waals surface area contributed by atoms with Crippen molar-refractivity contribution in [3.8, 4) is 0 Å². The topological polar surface area (TPSA) is 4.36 Å². The minimum Gasteiger partial charge on any atom is -0.238 e. The predicted octanol–water partition coefficient (Wildman–Crippen LogP) is 7.07. The summed E-state index contributed by atoms with van der Waals surface area (Å²) in [6.07, 6.45) is 6.98. The Hall–Kier alpha value is -2.33. The van der Waals surface area contributed by atoms with Gasteiger partial charge in [-0.1, -0.05) is 75.7 Å². The smallest absolute Gasteiger partial charge is 0.187 e. The van der Waals surface area contributed by atoms with Crippen LogP contribution in [0.15, 0.2) is 36.4 Å². The molecule has 1 heteroatoms. The number of benzene rings is 2. The lowest BCUT2D eigenvalue weighted by Crippen LogP contribution is -2.33. The van der Waals surface area contributed by atoms with Crippen LogP contribution in [0.2, 0.25) is 0 Å². The Kier molecular flexibility index (Phi) is 3.85. The number of hydrogen-bond donors (Lipinski definition) is 0. The van der Waals surface area contributed by atoms with Crippen molar-refractivity contribution in [1.29, 1.82) is 0 Å². The van der Waals surface area contributed by atoms with Gasteiger partial charge in [-0.25, -0.2) is 4.85 Å². The monoisotopic (exact) mass is 341 g/mol. The normalized spacial score (nSPS) is 21.1. The molecule has 2 aromatic carbocycles. The van der Waals surface area contributed by atoms with Crippen molar-refractivity contribution >= 4 is 17.3 Å². The zero-order chi connectivity index (χ0) is 18.5. The predicted molar refractivity (Wildman–Crippen MR) is 111 cm³/mol. The maximum Gasteiger partial charge on any atom is 0.187 e. The molecule has 2 aliphatic carbocycles. The van der Waals surface area contributed by atoms with E-state index in [4.69, 9.17) is 6.57 Å². The minimum atomic E-state index is 0.248. The Morgan fingerprint density at radius 2 is 1.62 bits per heavy atom. The lowest BCUT2D eigenvalue weighted by molar-refractivity contribution is 0.332. The SMILES string of the molecule is [C-]#[N+]c1ccc2c(c1)CCC2=Cc1ccc2c(c1)C(C)(C)CCC2(C)C. The van der Waals surface area contributed by atoms with Gasteiger partial charge < -0.3 is 0 Å². The standard InChI is InChI=1S/C25H27N/c1-24(2)12-13-25(3,4)23-15-17(6-11-22(23)24)14-18-7-8-19-16-20(26-5)9-10-21(18)19/h6,9-11,14-16H,7-8,12-13H2,1-4H3. The molecular formula is C25H27N. The lowest BCUT2D eigenvalue weighted by atomic mass is 9.63. The number of rotatable bonds is 1. The van der Waals surface area contributed by atoms with E-state index in [1.807, 2.05) is 6.07 Å². The van der Waals surface area contributed by atoms with Crippen LogP contribution in [0.5, 0.6) is 0 Å². The van der Waals surface area contributed by atoms with Crippen LogP contribution in [-0.4, -0.2) is 0 Å². The summed E-state index contributed by atoms with van der Waals surface area (Å²) in [4.78, 5) is 3.57. The number of allylic oxidation sites excluding steroid dienone is 1. The molecule has 0 unspecified atom stereocenters. The molecule has 2 aromatic rings. The molecule has 0 amide bonds. The summed E-state index contributed by atoms with van der Waals surface area (Å²) in [6.45, 7) is 16.7. The Morgan fingerprint density at radius 1 is 0.885 bits per heavy atom. The van der Waals surface area contributed by atoms with Crippen LogP contribution in [0.3, 0.4) is 0 Å². The molecule has 0 N–H and O–H groups in total. The summed E-state index contributed by atoms with van der Waals surface area (Å²) in [5.41, 5.74) is 9.68. The molecule has 0 atom stereocenters. The minimum absolute atomic E-state index is 0.248. The summed E-state index contributed by atoms with van der Waals surface area (Å²) in [5, 5.41) is 0. The van der Waals surface area contributed by atoms with Gasteiger partial charge in [-0.05, 0) is 64.3 Å². The lowest BCUT2D eigenvalue weighted by Gasteiger charge is -2.42. The summed E-state index contributed by atoms with van der Waals surface area (Å²) in [6, 6.07) is 13.2. The highest BCUT2D eigenvalue weighted by Crippen LogP contribution is 2.46. The van der Waals surface area contributed by atoms with E-state index in [0.29, 0.717) is 0 Å². The van der Waals surface area contributed by atoms with E-state index in [-0.39, 0.29) is 10.8 Å². The third-order valence-corrected chi connectivity index (χ3v) is 6.45. The van der Waals surface area contributed by atoms with Crippen LogP contribution in [0.25, 0.3) is 16.5 Å². The van der Waals surface area contributed by atoms with Gasteiger partial charge in [-0.2, -0.15) is 0 Å². The van der Waals surface area contributed by atoms with Gasteiger partial charge in [-0.15, -0.1) is 0 Å². The van der Waals surface area contributed by atoms with Gasteiger partial charge in [0.2, 0.25) is 0 Å². The van der Waals surface area contributed by atoms with E-state index in [1.165, 1.54) is 46.2 Å². The fourth-order valence-electron chi connectivity index (χ4n) is 4.62. The fraction of sp³-hybridized carbons (Fsp3) is 0.400. The van der Waals surface area contributed by atoms with Crippen LogP contribution in [-0.2, 0) is 17.3 Å². The largest absolute Gasteiger partial charge is 0.238 e. The molecule has 0 radical (unpaired) electrons. The highest BCUT2D eigenvalue weighted by Gasteiger charge is 2.36. The number of nitrogens with zero attached hydrogens (tertiary/aromatic N) is 1. The Balaban J connectivity index is 1.76. The Morgan fingerprint density at radius 3 is 2.35 bits per heavy atom. The molecule has 0 saturated heterocycles. The second-order valence-electron chi connectivity index (χ2n) is 9.20. The third kappa shape index (κ3) is 2.78. The van der Waals surface area contributed by atoms with Gasteiger partial charge in [0.05, 0.1) is 6.57 Å². The van der Waals surface area contributed by atoms with Crippen molar-refractivity contribution in [2.45, 2.75) is 64.2 Å². The first kappa shape index (κ1) is 17.1. The first-order valence-electron chi connectivity index (χ1n) is 9.66. The molecule has 2 aliphatic rings. The molecule has 0 heterocycles. The zero-order valence-electron chi connectivity index (χ0n) is 16.3. The van der Waals surface area contributed by atoms with E-state index in [9.17, 15) is 0 Å². The highest BCUT2D eigenvalue weighted by molar-refractivity contribution is 5.86. The average Bonchev–Trinajstić information content (AvgIpc) is 3.01. The zero-order valence-corrected chi connectivity index (χ0v) is 16.3. The van der Waals surface area contributed by atoms with Gasteiger partial charge in [0, 0.05) is 0 Å². The molecule has 1 nitrogen and oxygen atoms in total. The van der Waals surface area contributed by atoms with Crippen molar-refractivity contribution in [2.75, 3.05) is 0 Å². The summed E-state index contributed by atoms with van der Waals surface area (Å²) in [5.74, 6) is 0. The van der Waals surface area contributed by atoms with Crippen molar-refractivity contribution in [2.24, 2.45) is 0 Å². The van der Waals surface area contributed by atoms with Crippen LogP contribution >= 0.6 is 0 Å². The molecule has 0 aliphatic heterocycles. The van der Waals surface area contributed by atoms with E-state index in [0.717, 1.165) is 18.5 Å². The summed E-state index contributed by atoms with van der Waals surface area (Å²) >= 11 is 0. The van der Waals surface area contributed by atoms with E-state index >= 15 is 0 Å². The summed E-state index contributed by atoms with van der Waals surface area (Å²) in [7, 11) is 0. The van der Waals surface area contributed by atoms with Gasteiger partial charge in [0.1, 0.15) is 0 Å². The molecule has 0 spiro atoms. The molecule has 0 saturated carbocycles. The van der Waals surface area contributed by atoms with Crippen molar-refractivity contribution in [1.82, 2.24) is 0 Å². The number of fused-ring (bicyclic) bond motifs is 2. The second kappa shape index (κ2) is 5.85. The Bertz CT molecular complexity index is 951. The fourth-order valence-corrected chi connectivity index (χ4v) is 4.62. The molecule has 26 heavy (non-hydrogen) atoms. The van der Waals surface area contributed by atoms with Crippen LogP contribution in [0.1, 0.15) is 74.8 Å². The van der Waals surface area contributed by atoms with Crippen molar-refractivity contribution in [3.05, 3.63) is 75.6 Å². The van der Waals surface area contributed by atoms with Crippen LogP contribution in [0.4, 0.5) is 5.69 Å². The third-order valence-electron chi connectivity index (χ3n) is 6.45. The molecule has 132 valence electrons. The first-order valence-corrected chi connectivity index (χ1v) is 9.66. The maximum absolute atomic E-state index is 7.20. The van der Waals surface area contributed by atoms with Gasteiger partial charge in [0.25, 0.3) is 0 Å². The summed E-state index contributed by atoms with van der Waals surface area (Å²) < 4.78 is 0. The van der Waals surface area contributed by atoms with E-state index < -0.39 is 0 Å². The van der Waals surface area contributed by atoms with Crippen LogP contribution in [0, 0.1) is 6.57 Å². The second-order valence-corrected chi connectivity index (χ2v) is 9.20. The first-order chi connectivity index (χ1) is 12.3. The Labute approximate surface area is 157 Å². The highest BCUT2D eigenvalue weighted by atomic mass is 14.6. The molecule has 4 rings (SSSR count). The molecule has 0 aromatic heterocycles. The average molecular weight is 341 g/mol. The van der Waals surface area contributed by atoms with Gasteiger partial charge >= 0.3 is 0 Å². The molecule has 0 bridgehead atoms.